The van der Waals surface area contributed by atoms with Crippen molar-refractivity contribution in [1.82, 2.24) is 0 Å². The molecule has 4 N–H and O–H groups in total. The molecule has 1 atom stereocenters. The van der Waals surface area contributed by atoms with E-state index in [2.05, 4.69) is 4.74 Å². The lowest BCUT2D eigenvalue weighted by molar-refractivity contribution is -0.142. The highest BCUT2D eigenvalue weighted by atomic mass is 16.5. The van der Waals surface area contributed by atoms with E-state index in [4.69, 9.17) is 5.73 Å². The van der Waals surface area contributed by atoms with Crippen molar-refractivity contribution in [2.45, 2.75) is 12.5 Å². The summed E-state index contributed by atoms with van der Waals surface area (Å²) in [4.78, 5) is 22.6. The van der Waals surface area contributed by atoms with Crippen LogP contribution >= 0.6 is 0 Å². The average molecular weight is 265 g/mol. The van der Waals surface area contributed by atoms with Crippen LogP contribution in [0.4, 0.5) is 0 Å². The topological polar surface area (TPSA) is 110 Å². The van der Waals surface area contributed by atoms with Crippen molar-refractivity contribution in [3.63, 3.8) is 0 Å². The van der Waals surface area contributed by atoms with Crippen LogP contribution in [0.1, 0.15) is 12.5 Å². The summed E-state index contributed by atoms with van der Waals surface area (Å²) in [7, 11) is 1.19. The Labute approximate surface area is 110 Å². The summed E-state index contributed by atoms with van der Waals surface area (Å²) in [5.74, 6) is -2.01. The molecule has 0 fully saturated rings. The first-order chi connectivity index (χ1) is 8.82. The van der Waals surface area contributed by atoms with E-state index in [0.29, 0.717) is 0 Å². The Bertz CT molecular complexity index is 520. The fourth-order valence-corrected chi connectivity index (χ4v) is 1.59. The van der Waals surface area contributed by atoms with E-state index in [1.54, 1.807) is 0 Å². The van der Waals surface area contributed by atoms with Crippen molar-refractivity contribution < 1.29 is 24.5 Å². The van der Waals surface area contributed by atoms with Gasteiger partial charge in [0.25, 0.3) is 0 Å². The Morgan fingerprint density at radius 1 is 1.32 bits per heavy atom. The largest absolute Gasteiger partial charge is 0.508 e. The van der Waals surface area contributed by atoms with Gasteiger partial charge in [0.05, 0.1) is 7.11 Å². The molecule has 1 rings (SSSR count). The van der Waals surface area contributed by atoms with Crippen LogP contribution < -0.4 is 5.73 Å². The number of hydrogen-bond donors (Lipinski definition) is 3. The van der Waals surface area contributed by atoms with Crippen LogP contribution in [0.15, 0.2) is 35.9 Å². The Hall–Kier alpha value is -2.34. The Kier molecular flexibility index (Phi) is 4.29. The fourth-order valence-electron chi connectivity index (χ4n) is 1.59. The molecular weight excluding hydrogens is 250 g/mol. The standard InChI is InChI=1S/C13H15NO5/c1-8(7-11(16)19-2)13(14,12(17)18)9-3-5-10(15)6-4-9/h3-7,15H,14H2,1-2H3,(H,17,18). The molecule has 1 aromatic rings. The number of ether oxygens (including phenoxy) is 1. The summed E-state index contributed by atoms with van der Waals surface area (Å²) in [6, 6.07) is 5.42. The van der Waals surface area contributed by atoms with Crippen molar-refractivity contribution in [2.75, 3.05) is 7.11 Å². The van der Waals surface area contributed by atoms with Crippen LogP contribution in [0.5, 0.6) is 5.75 Å². The van der Waals surface area contributed by atoms with Gasteiger partial charge in [-0.2, -0.15) is 0 Å². The SMILES string of the molecule is COC(=O)C=C(C)C(N)(C(=O)O)c1ccc(O)cc1. The molecule has 1 aromatic carbocycles. The second-order valence-corrected chi connectivity index (χ2v) is 4.01. The minimum atomic E-state index is -1.86. The van der Waals surface area contributed by atoms with Gasteiger partial charge in [-0.25, -0.2) is 9.59 Å². The lowest BCUT2D eigenvalue weighted by atomic mass is 9.84. The molecule has 0 aromatic heterocycles. The second-order valence-electron chi connectivity index (χ2n) is 4.01. The van der Waals surface area contributed by atoms with Crippen molar-refractivity contribution in [3.8, 4) is 5.75 Å². The molecule has 6 heteroatoms. The van der Waals surface area contributed by atoms with E-state index in [1.165, 1.54) is 38.3 Å². The third-order valence-electron chi connectivity index (χ3n) is 2.82. The summed E-state index contributed by atoms with van der Waals surface area (Å²) in [6.07, 6.45) is 1.03. The number of phenolic OH excluding ortho intramolecular Hbond substituents is 1. The van der Waals surface area contributed by atoms with E-state index in [-0.39, 0.29) is 16.9 Å². The number of carboxylic acids is 1. The highest BCUT2D eigenvalue weighted by Gasteiger charge is 2.38. The molecule has 0 aliphatic heterocycles. The number of carbonyl (C=O) groups is 2. The minimum Gasteiger partial charge on any atom is -0.508 e. The zero-order valence-corrected chi connectivity index (χ0v) is 10.6. The number of nitrogens with two attached hydrogens (primary N) is 1. The van der Waals surface area contributed by atoms with Crippen LogP contribution in [0.2, 0.25) is 0 Å². The molecule has 0 saturated heterocycles. The zero-order valence-electron chi connectivity index (χ0n) is 10.6. The van der Waals surface area contributed by atoms with Gasteiger partial charge in [0, 0.05) is 6.08 Å². The molecule has 0 aliphatic rings. The van der Waals surface area contributed by atoms with Crippen molar-refractivity contribution >= 4 is 11.9 Å². The first-order valence-electron chi connectivity index (χ1n) is 5.41. The second kappa shape index (κ2) is 5.53. The molecule has 1 unspecified atom stereocenters. The Morgan fingerprint density at radius 2 is 1.84 bits per heavy atom. The first kappa shape index (κ1) is 14.7. The maximum absolute atomic E-state index is 11.4. The summed E-state index contributed by atoms with van der Waals surface area (Å²) in [6.45, 7) is 1.43. The summed E-state index contributed by atoms with van der Waals surface area (Å²) in [5, 5.41) is 18.5. The number of esters is 1. The van der Waals surface area contributed by atoms with E-state index < -0.39 is 17.5 Å². The van der Waals surface area contributed by atoms with Gasteiger partial charge in [-0.15, -0.1) is 0 Å². The van der Waals surface area contributed by atoms with Gasteiger partial charge in [-0.3, -0.25) is 0 Å². The number of aliphatic carboxylic acids is 1. The molecule has 0 saturated carbocycles. The molecule has 19 heavy (non-hydrogen) atoms. The monoisotopic (exact) mass is 265 g/mol. The van der Waals surface area contributed by atoms with Crippen LogP contribution in [0, 0.1) is 0 Å². The average Bonchev–Trinajstić information content (AvgIpc) is 2.38. The van der Waals surface area contributed by atoms with Crippen LogP contribution in [0.3, 0.4) is 0 Å². The third-order valence-corrected chi connectivity index (χ3v) is 2.82. The number of methoxy groups -OCH3 is 1. The van der Waals surface area contributed by atoms with Gasteiger partial charge in [-0.05, 0) is 30.2 Å². The number of phenols is 1. The van der Waals surface area contributed by atoms with E-state index in [1.807, 2.05) is 0 Å². The van der Waals surface area contributed by atoms with Gasteiger partial charge in [0.2, 0.25) is 0 Å². The molecule has 0 heterocycles. The number of aromatic hydroxyl groups is 1. The lowest BCUT2D eigenvalue weighted by Crippen LogP contribution is -2.46. The summed E-state index contributed by atoms with van der Waals surface area (Å²) in [5.41, 5.74) is 4.41. The molecule has 0 radical (unpaired) electrons. The predicted molar refractivity (Wildman–Crippen MR) is 67.4 cm³/mol. The predicted octanol–water partition coefficient (Wildman–Crippen LogP) is 0.750. The Balaban J connectivity index is 3.32. The summed E-state index contributed by atoms with van der Waals surface area (Å²) < 4.78 is 4.45. The number of carbonyl (C=O) groups excluding carboxylic acids is 1. The van der Waals surface area contributed by atoms with Crippen LogP contribution in [-0.2, 0) is 19.9 Å². The van der Waals surface area contributed by atoms with E-state index >= 15 is 0 Å². The molecular formula is C13H15NO5. The van der Waals surface area contributed by atoms with Crippen molar-refractivity contribution in [1.29, 1.82) is 0 Å². The van der Waals surface area contributed by atoms with Gasteiger partial charge in [-0.1, -0.05) is 12.1 Å². The zero-order chi connectivity index (χ0) is 14.6. The number of benzene rings is 1. The molecule has 102 valence electrons. The normalized spacial score (nSPS) is 14.6. The van der Waals surface area contributed by atoms with Crippen molar-refractivity contribution in [2.24, 2.45) is 5.73 Å². The number of carboxylic acid groups (broad SMARTS) is 1. The third kappa shape index (κ3) is 2.92. The fraction of sp³-hybridized carbons (Fsp3) is 0.231. The molecule has 0 aliphatic carbocycles. The highest BCUT2D eigenvalue weighted by Crippen LogP contribution is 2.28. The number of rotatable bonds is 4. The van der Waals surface area contributed by atoms with Gasteiger partial charge >= 0.3 is 11.9 Å². The van der Waals surface area contributed by atoms with Crippen molar-refractivity contribution in [3.05, 3.63) is 41.5 Å². The molecule has 6 nitrogen and oxygen atoms in total. The molecule has 0 spiro atoms. The van der Waals surface area contributed by atoms with Crippen LogP contribution in [-0.4, -0.2) is 29.3 Å². The molecule has 0 bridgehead atoms. The Morgan fingerprint density at radius 3 is 2.26 bits per heavy atom. The van der Waals surface area contributed by atoms with Gasteiger partial charge in [0.15, 0.2) is 5.54 Å². The first-order valence-corrected chi connectivity index (χ1v) is 5.41. The smallest absolute Gasteiger partial charge is 0.332 e. The lowest BCUT2D eigenvalue weighted by Gasteiger charge is -2.26. The van der Waals surface area contributed by atoms with Gasteiger partial charge in [0.1, 0.15) is 5.75 Å². The van der Waals surface area contributed by atoms with Crippen LogP contribution in [0.25, 0.3) is 0 Å². The maximum Gasteiger partial charge on any atom is 0.332 e. The van der Waals surface area contributed by atoms with E-state index in [9.17, 15) is 19.8 Å². The quantitative estimate of drug-likeness (QED) is 0.547. The van der Waals surface area contributed by atoms with Gasteiger partial charge < -0.3 is 20.7 Å². The molecule has 0 amide bonds. The maximum atomic E-state index is 11.4. The summed E-state index contributed by atoms with van der Waals surface area (Å²) >= 11 is 0. The minimum absolute atomic E-state index is 0.00825. The highest BCUT2D eigenvalue weighted by molar-refractivity contribution is 5.89. The van der Waals surface area contributed by atoms with E-state index in [0.717, 1.165) is 6.08 Å². The number of hydrogen-bond acceptors (Lipinski definition) is 5.